The first-order valence-electron chi connectivity index (χ1n) is 25.7. The Bertz CT molecular complexity index is 2750. The van der Waals surface area contributed by atoms with Gasteiger partial charge >= 0.3 is 36.5 Å². The van der Waals surface area contributed by atoms with E-state index in [9.17, 15) is 35.9 Å². The Morgan fingerprint density at radius 2 is 0.741 bits per heavy atom. The second kappa shape index (κ2) is 28.8. The van der Waals surface area contributed by atoms with Gasteiger partial charge in [-0.2, -0.15) is 43.9 Å². The first kappa shape index (κ1) is 62.0. The van der Waals surface area contributed by atoms with Crippen molar-refractivity contribution in [3.63, 3.8) is 0 Å². The molecule has 0 heterocycles. The Morgan fingerprint density at radius 3 is 1.07 bits per heavy atom. The molecular weight excluding hydrogens is 1080 g/mol. The van der Waals surface area contributed by atoms with E-state index >= 15 is 17.6 Å². The fraction of sp³-hybridized carbons (Fsp3) is 0.311. The molecular formula is C61H60F10N2O8. The molecule has 0 unspecified atom stereocenters. The molecule has 4 N–H and O–H groups in total. The number of carbonyl (C=O) groups excluding carboxylic acids is 2. The minimum Gasteiger partial charge on any atom is -0.494 e. The van der Waals surface area contributed by atoms with Gasteiger partial charge in [-0.05, 0) is 183 Å². The number of unbranched alkanes of at least 4 members (excludes halogenated alkanes) is 4. The Morgan fingerprint density at radius 1 is 0.407 bits per heavy atom. The summed E-state index contributed by atoms with van der Waals surface area (Å²) in [4.78, 5) is 26.8. The van der Waals surface area contributed by atoms with Gasteiger partial charge < -0.3 is 39.9 Å². The van der Waals surface area contributed by atoms with Crippen LogP contribution < -0.4 is 30.4 Å². The van der Waals surface area contributed by atoms with E-state index in [0.29, 0.717) is 59.7 Å². The van der Waals surface area contributed by atoms with Crippen LogP contribution in [0.15, 0.2) is 158 Å². The lowest BCUT2D eigenvalue weighted by Crippen LogP contribution is -2.38. The van der Waals surface area contributed by atoms with Gasteiger partial charge in [0.2, 0.25) is 0 Å². The summed E-state index contributed by atoms with van der Waals surface area (Å²) in [5.41, 5.74) is 13.1. The average molecular weight is 1140 g/mol. The highest BCUT2D eigenvalue weighted by molar-refractivity contribution is 5.87. The number of halogens is 10. The molecule has 10 nitrogen and oxygen atoms in total. The van der Waals surface area contributed by atoms with Gasteiger partial charge in [-0.25, -0.2) is 9.59 Å². The second-order valence-corrected chi connectivity index (χ2v) is 19.2. The van der Waals surface area contributed by atoms with E-state index in [-0.39, 0.29) is 63.6 Å². The van der Waals surface area contributed by atoms with Gasteiger partial charge in [0.15, 0.2) is 0 Å². The van der Waals surface area contributed by atoms with Gasteiger partial charge in [-0.1, -0.05) is 48.5 Å². The van der Waals surface area contributed by atoms with Crippen LogP contribution in [-0.4, -0.2) is 50.7 Å². The Balaban J connectivity index is 1.05. The SMILES string of the molecule is Nc1ccc(CC(COC(=O)/C=C/c2ccc(C(F)(F)Oc3ccc(OCCCCCC(F)(F)F)cc3)cc2)(COC(=O)/C=C/c2ccc(C(F)(F)Oc3ccc(OCCCCCC(F)(F)F)cc3)cc2)Cc2ccc(N)cc2)cc1. The molecule has 0 aliphatic heterocycles. The molecule has 0 aliphatic rings. The zero-order chi connectivity index (χ0) is 58.5. The molecule has 0 radical (unpaired) electrons. The molecule has 0 fully saturated rings. The van der Waals surface area contributed by atoms with Gasteiger partial charge in [-0.3, -0.25) is 0 Å². The summed E-state index contributed by atoms with van der Waals surface area (Å²) >= 11 is 0. The van der Waals surface area contributed by atoms with Crippen molar-refractivity contribution < 1.29 is 81.9 Å². The third-order valence-electron chi connectivity index (χ3n) is 12.4. The quantitative estimate of drug-likeness (QED) is 0.0147. The molecule has 0 atom stereocenters. The van der Waals surface area contributed by atoms with Crippen LogP contribution in [0.4, 0.5) is 55.3 Å². The number of alkyl halides is 10. The average Bonchev–Trinajstić information content (AvgIpc) is 3.44. The van der Waals surface area contributed by atoms with Crippen LogP contribution in [0.1, 0.15) is 84.7 Å². The van der Waals surface area contributed by atoms with E-state index in [1.54, 1.807) is 48.5 Å². The largest absolute Gasteiger partial charge is 0.494 e. The number of benzene rings is 6. The van der Waals surface area contributed by atoms with Crippen molar-refractivity contribution in [2.45, 2.75) is 88.8 Å². The van der Waals surface area contributed by atoms with Crippen LogP contribution >= 0.6 is 0 Å². The van der Waals surface area contributed by atoms with Crippen LogP contribution in [0.5, 0.6) is 23.0 Å². The molecule has 6 aromatic rings. The molecule has 81 heavy (non-hydrogen) atoms. The van der Waals surface area contributed by atoms with Gasteiger partial charge in [0.25, 0.3) is 0 Å². The Hall–Kier alpha value is -8.16. The van der Waals surface area contributed by atoms with Crippen molar-refractivity contribution >= 4 is 35.5 Å². The standard InChI is InChI=1S/C61H60F10N2O8/c62-58(63,64)35-3-1-5-37-76-51-25-29-53(30-26-51)80-60(68,69)47-17-7-43(8-18-47)15-33-55(74)78-41-57(39-45-11-21-49(72)22-12-45,40-46-13-23-50(73)24-14-46)42-79-56(75)34-16-44-9-19-48(20-10-44)61(70,71)81-54-31-27-52(28-32-54)77-38-6-2-4-36-59(65,66)67/h7-34H,1-6,35-42,72-73H2/b33-15+,34-16+. The monoisotopic (exact) mass is 1140 g/mol. The number of nitrogen functional groups attached to an aromatic ring is 2. The maximum absolute atomic E-state index is 15.2. The summed E-state index contributed by atoms with van der Waals surface area (Å²) in [6, 6.07) is 34.6. The first-order valence-corrected chi connectivity index (χ1v) is 25.7. The van der Waals surface area contributed by atoms with Gasteiger partial charge in [0, 0.05) is 41.8 Å². The number of esters is 2. The number of hydrogen-bond donors (Lipinski definition) is 2. The molecule has 432 valence electrons. The number of rotatable bonds is 30. The van der Waals surface area contributed by atoms with Crippen LogP contribution in [0.25, 0.3) is 12.2 Å². The minimum absolute atomic E-state index is 0.0189. The third-order valence-corrected chi connectivity index (χ3v) is 12.4. The minimum atomic E-state index is -4.21. The van der Waals surface area contributed by atoms with Crippen molar-refractivity contribution in [3.05, 3.63) is 191 Å². The van der Waals surface area contributed by atoms with Gasteiger partial charge in [0.1, 0.15) is 36.2 Å². The summed E-state index contributed by atoms with van der Waals surface area (Å²) in [6.45, 7) is -0.253. The Kier molecular flexibility index (Phi) is 22.1. The summed E-state index contributed by atoms with van der Waals surface area (Å²) < 4.78 is 168. The van der Waals surface area contributed by atoms with Crippen LogP contribution in [0.3, 0.4) is 0 Å². The maximum atomic E-state index is 15.2. The Labute approximate surface area is 462 Å². The summed E-state index contributed by atoms with van der Waals surface area (Å²) in [5.74, 6) is -1.27. The molecule has 0 bridgehead atoms. The van der Waals surface area contributed by atoms with E-state index in [0.717, 1.165) is 47.5 Å². The highest BCUT2D eigenvalue weighted by Gasteiger charge is 2.37. The molecule has 6 rings (SSSR count). The van der Waals surface area contributed by atoms with Crippen molar-refractivity contribution in [1.82, 2.24) is 0 Å². The zero-order valence-electron chi connectivity index (χ0n) is 43.8. The van der Waals surface area contributed by atoms with Crippen molar-refractivity contribution in [2.75, 3.05) is 37.9 Å². The van der Waals surface area contributed by atoms with Crippen molar-refractivity contribution in [1.29, 1.82) is 0 Å². The number of hydrogen-bond acceptors (Lipinski definition) is 10. The maximum Gasteiger partial charge on any atom is 0.426 e. The molecule has 0 spiro atoms. The predicted molar refractivity (Wildman–Crippen MR) is 286 cm³/mol. The molecule has 0 aromatic heterocycles. The van der Waals surface area contributed by atoms with Crippen LogP contribution in [0.2, 0.25) is 0 Å². The summed E-state index contributed by atoms with van der Waals surface area (Å²) in [5, 5.41) is 0. The topological polar surface area (TPSA) is 142 Å². The highest BCUT2D eigenvalue weighted by atomic mass is 19.4. The van der Waals surface area contributed by atoms with Gasteiger partial charge in [-0.15, -0.1) is 0 Å². The molecule has 0 saturated carbocycles. The van der Waals surface area contributed by atoms with Crippen molar-refractivity contribution in [3.8, 4) is 23.0 Å². The first-order chi connectivity index (χ1) is 38.4. The fourth-order valence-electron chi connectivity index (χ4n) is 8.11. The summed E-state index contributed by atoms with van der Waals surface area (Å²) in [7, 11) is 0. The summed E-state index contributed by atoms with van der Waals surface area (Å²) in [6.07, 6.45) is -10.9. The smallest absolute Gasteiger partial charge is 0.426 e. The van der Waals surface area contributed by atoms with Crippen LogP contribution in [-0.2, 0) is 44.1 Å². The van der Waals surface area contributed by atoms with E-state index in [2.05, 4.69) is 0 Å². The number of ether oxygens (including phenoxy) is 6. The van der Waals surface area contributed by atoms with Gasteiger partial charge in [0.05, 0.1) is 24.3 Å². The molecule has 6 aromatic carbocycles. The fourth-order valence-corrected chi connectivity index (χ4v) is 8.11. The normalized spacial score (nSPS) is 12.4. The van der Waals surface area contributed by atoms with E-state index in [4.69, 9.17) is 39.9 Å². The highest BCUT2D eigenvalue weighted by Crippen LogP contribution is 2.36. The third kappa shape index (κ3) is 22.1. The molecule has 0 amide bonds. The van der Waals surface area contributed by atoms with E-state index in [1.807, 2.05) is 0 Å². The van der Waals surface area contributed by atoms with E-state index in [1.165, 1.54) is 84.9 Å². The molecule has 0 aliphatic carbocycles. The molecule has 20 heteroatoms. The molecule has 0 saturated heterocycles. The lowest BCUT2D eigenvalue weighted by molar-refractivity contribution is -0.186. The van der Waals surface area contributed by atoms with Crippen molar-refractivity contribution in [2.24, 2.45) is 5.41 Å². The number of anilines is 2. The number of carbonyl (C=O) groups is 2. The predicted octanol–water partition coefficient (Wildman–Crippen LogP) is 15.4. The lowest BCUT2D eigenvalue weighted by Gasteiger charge is -2.33. The lowest BCUT2D eigenvalue weighted by atomic mass is 9.77. The zero-order valence-corrected chi connectivity index (χ0v) is 43.8. The van der Waals surface area contributed by atoms with E-state index < -0.39 is 65.9 Å². The number of nitrogens with two attached hydrogens (primary N) is 2. The van der Waals surface area contributed by atoms with Crippen LogP contribution in [0, 0.1) is 5.41 Å². The second-order valence-electron chi connectivity index (χ2n) is 19.2.